The summed E-state index contributed by atoms with van der Waals surface area (Å²) in [6.07, 6.45) is 3.02. The highest BCUT2D eigenvalue weighted by Crippen LogP contribution is 2.39. The van der Waals surface area contributed by atoms with E-state index in [-0.39, 0.29) is 24.4 Å². The van der Waals surface area contributed by atoms with Crippen LogP contribution in [0.5, 0.6) is 5.75 Å². The van der Waals surface area contributed by atoms with Crippen LogP contribution < -0.4 is 15.0 Å². The van der Waals surface area contributed by atoms with Crippen molar-refractivity contribution >= 4 is 29.2 Å². The highest BCUT2D eigenvalue weighted by molar-refractivity contribution is 5.97. The zero-order valence-electron chi connectivity index (χ0n) is 22.3. The van der Waals surface area contributed by atoms with Gasteiger partial charge in [0.25, 0.3) is 5.91 Å². The maximum absolute atomic E-state index is 13.9. The molecule has 202 valence electrons. The molecule has 9 nitrogen and oxygen atoms in total. The Hall–Kier alpha value is -3.75. The molecule has 0 bridgehead atoms. The first-order valence-corrected chi connectivity index (χ1v) is 13.5. The summed E-state index contributed by atoms with van der Waals surface area (Å²) in [5, 5.41) is 2.94. The molecule has 3 heterocycles. The minimum Gasteiger partial charge on any atom is -0.497 e. The first-order chi connectivity index (χ1) is 18.4. The Morgan fingerprint density at radius 1 is 0.947 bits per heavy atom. The van der Waals surface area contributed by atoms with Gasteiger partial charge in [-0.25, -0.2) is 4.79 Å². The molecule has 3 fully saturated rings. The normalized spacial score (nSPS) is 19.7. The van der Waals surface area contributed by atoms with E-state index in [9.17, 15) is 14.4 Å². The first-order valence-electron chi connectivity index (χ1n) is 13.5. The van der Waals surface area contributed by atoms with Crippen molar-refractivity contribution < 1.29 is 19.1 Å². The average molecular weight is 520 g/mol. The van der Waals surface area contributed by atoms with Crippen molar-refractivity contribution in [3.63, 3.8) is 0 Å². The second-order valence-corrected chi connectivity index (χ2v) is 10.6. The number of ether oxygens (including phenoxy) is 1. The van der Waals surface area contributed by atoms with E-state index < -0.39 is 5.54 Å². The van der Waals surface area contributed by atoms with Crippen LogP contribution in [0.1, 0.15) is 32.6 Å². The summed E-state index contributed by atoms with van der Waals surface area (Å²) in [5.74, 6) is 1.36. The van der Waals surface area contributed by atoms with Gasteiger partial charge in [-0.05, 0) is 68.0 Å². The molecule has 9 heteroatoms. The monoisotopic (exact) mass is 519 g/mol. The number of benzene rings is 2. The molecule has 4 amide bonds. The number of amides is 4. The maximum atomic E-state index is 13.9. The zero-order chi connectivity index (χ0) is 26.7. The molecular weight excluding hydrogens is 482 g/mol. The first kappa shape index (κ1) is 25.9. The van der Waals surface area contributed by atoms with Crippen LogP contribution in [0.3, 0.4) is 0 Å². The third-order valence-corrected chi connectivity index (χ3v) is 8.26. The Kier molecular flexibility index (Phi) is 7.44. The number of piperidine rings is 2. The van der Waals surface area contributed by atoms with Crippen molar-refractivity contribution in [3.8, 4) is 5.75 Å². The minimum atomic E-state index is -0.769. The van der Waals surface area contributed by atoms with E-state index in [1.165, 1.54) is 0 Å². The molecule has 5 rings (SSSR count). The van der Waals surface area contributed by atoms with E-state index in [0.29, 0.717) is 44.2 Å². The molecule has 0 saturated carbocycles. The molecular formula is C29H37N5O4. The van der Waals surface area contributed by atoms with Crippen LogP contribution in [0.2, 0.25) is 0 Å². The second-order valence-electron chi connectivity index (χ2n) is 10.6. The number of methoxy groups -OCH3 is 1. The fourth-order valence-electron chi connectivity index (χ4n) is 5.80. The van der Waals surface area contributed by atoms with E-state index >= 15 is 0 Å². The molecule has 1 spiro atoms. The van der Waals surface area contributed by atoms with Crippen molar-refractivity contribution in [3.05, 3.63) is 54.6 Å². The lowest BCUT2D eigenvalue weighted by molar-refractivity contribution is -0.141. The maximum Gasteiger partial charge on any atom is 0.321 e. The predicted molar refractivity (Wildman–Crippen MR) is 146 cm³/mol. The molecule has 38 heavy (non-hydrogen) atoms. The average Bonchev–Trinajstić information content (AvgIpc) is 3.20. The van der Waals surface area contributed by atoms with E-state index in [1.54, 1.807) is 41.2 Å². The standard InChI is InChI=1S/C29H37N5O4/c1-22-12-16-31(17-13-22)26(35)20-33-21-34(24-6-4-3-5-7-24)29(27(33)36)14-18-32(19-15-29)28(37)30-23-8-10-25(38-2)11-9-23/h3-11,22H,12-21H2,1-2H3,(H,30,37). The summed E-state index contributed by atoms with van der Waals surface area (Å²) in [7, 11) is 1.60. The Morgan fingerprint density at radius 2 is 1.61 bits per heavy atom. The third kappa shape index (κ3) is 5.14. The van der Waals surface area contributed by atoms with Crippen LogP contribution in [-0.4, -0.2) is 84.6 Å². The van der Waals surface area contributed by atoms with Gasteiger partial charge < -0.3 is 29.7 Å². The molecule has 3 aliphatic heterocycles. The van der Waals surface area contributed by atoms with Crippen LogP contribution in [0.25, 0.3) is 0 Å². The molecule has 2 aromatic carbocycles. The molecule has 0 radical (unpaired) electrons. The van der Waals surface area contributed by atoms with Crippen molar-refractivity contribution in [1.29, 1.82) is 0 Å². The van der Waals surface area contributed by atoms with Gasteiger partial charge in [-0.3, -0.25) is 9.59 Å². The number of para-hydroxylation sites is 1. The number of carbonyl (C=O) groups excluding carboxylic acids is 3. The lowest BCUT2D eigenvalue weighted by Crippen LogP contribution is -2.58. The summed E-state index contributed by atoms with van der Waals surface area (Å²) < 4.78 is 5.18. The number of carbonyl (C=O) groups is 3. The smallest absolute Gasteiger partial charge is 0.321 e. The highest BCUT2D eigenvalue weighted by atomic mass is 16.5. The molecule has 3 aliphatic rings. The molecule has 0 aromatic heterocycles. The van der Waals surface area contributed by atoms with Crippen LogP contribution in [0.4, 0.5) is 16.2 Å². The molecule has 3 saturated heterocycles. The minimum absolute atomic E-state index is 0.0182. The Balaban J connectivity index is 1.28. The van der Waals surface area contributed by atoms with E-state index in [0.717, 1.165) is 37.4 Å². The number of likely N-dealkylation sites (tertiary alicyclic amines) is 2. The lowest BCUT2D eigenvalue weighted by atomic mass is 9.85. The SMILES string of the molecule is COc1ccc(NC(=O)N2CCC3(CC2)C(=O)N(CC(=O)N2CCC(C)CC2)CN3c2ccccc2)cc1. The van der Waals surface area contributed by atoms with Gasteiger partial charge in [0.1, 0.15) is 17.8 Å². The zero-order valence-corrected chi connectivity index (χ0v) is 22.3. The summed E-state index contributed by atoms with van der Waals surface area (Å²) >= 11 is 0. The lowest BCUT2D eigenvalue weighted by Gasteiger charge is -2.43. The summed E-state index contributed by atoms with van der Waals surface area (Å²) in [6, 6.07) is 16.9. The van der Waals surface area contributed by atoms with Crippen LogP contribution in [0, 0.1) is 5.92 Å². The fraction of sp³-hybridized carbons (Fsp3) is 0.483. The Morgan fingerprint density at radius 3 is 2.24 bits per heavy atom. The topological polar surface area (TPSA) is 85.4 Å². The number of urea groups is 1. The van der Waals surface area contributed by atoms with Gasteiger partial charge in [-0.1, -0.05) is 25.1 Å². The van der Waals surface area contributed by atoms with Crippen LogP contribution in [-0.2, 0) is 9.59 Å². The van der Waals surface area contributed by atoms with Gasteiger partial charge in [0.2, 0.25) is 5.91 Å². The van der Waals surface area contributed by atoms with Crippen molar-refractivity contribution in [1.82, 2.24) is 14.7 Å². The fourth-order valence-corrected chi connectivity index (χ4v) is 5.80. The van der Waals surface area contributed by atoms with Gasteiger partial charge in [-0.15, -0.1) is 0 Å². The van der Waals surface area contributed by atoms with Crippen molar-refractivity contribution in [2.75, 3.05) is 56.7 Å². The Bertz CT molecular complexity index is 1140. The number of nitrogens with one attached hydrogen (secondary N) is 1. The molecule has 0 atom stereocenters. The van der Waals surface area contributed by atoms with Gasteiger partial charge >= 0.3 is 6.03 Å². The van der Waals surface area contributed by atoms with Gasteiger partial charge in [-0.2, -0.15) is 0 Å². The predicted octanol–water partition coefficient (Wildman–Crippen LogP) is 3.63. The van der Waals surface area contributed by atoms with Gasteiger partial charge in [0, 0.05) is 37.6 Å². The number of nitrogens with zero attached hydrogens (tertiary/aromatic N) is 4. The van der Waals surface area contributed by atoms with Crippen LogP contribution >= 0.6 is 0 Å². The summed E-state index contributed by atoms with van der Waals surface area (Å²) in [4.78, 5) is 47.6. The van der Waals surface area contributed by atoms with Gasteiger partial charge in [0.15, 0.2) is 0 Å². The highest BCUT2D eigenvalue weighted by Gasteiger charge is 2.54. The quantitative estimate of drug-likeness (QED) is 0.652. The van der Waals surface area contributed by atoms with E-state index in [4.69, 9.17) is 4.74 Å². The van der Waals surface area contributed by atoms with Crippen molar-refractivity contribution in [2.24, 2.45) is 5.92 Å². The summed E-state index contributed by atoms with van der Waals surface area (Å²) in [6.45, 7) is 5.10. The van der Waals surface area contributed by atoms with Gasteiger partial charge in [0.05, 0.1) is 13.8 Å². The van der Waals surface area contributed by atoms with Crippen LogP contribution in [0.15, 0.2) is 54.6 Å². The van der Waals surface area contributed by atoms with E-state index in [1.807, 2.05) is 35.2 Å². The number of hydrogen-bond acceptors (Lipinski definition) is 5. The molecule has 2 aromatic rings. The van der Waals surface area contributed by atoms with E-state index in [2.05, 4.69) is 17.1 Å². The Labute approximate surface area is 224 Å². The summed E-state index contributed by atoms with van der Waals surface area (Å²) in [5.41, 5.74) is 0.879. The second kappa shape index (κ2) is 10.9. The number of hydrogen-bond donors (Lipinski definition) is 1. The molecule has 0 unspecified atom stereocenters. The number of rotatable bonds is 5. The third-order valence-electron chi connectivity index (χ3n) is 8.26. The number of anilines is 2. The van der Waals surface area contributed by atoms with Crippen molar-refractivity contribution in [2.45, 2.75) is 38.1 Å². The largest absolute Gasteiger partial charge is 0.497 e. The molecule has 0 aliphatic carbocycles. The molecule has 1 N–H and O–H groups in total.